The Labute approximate surface area is 175 Å². The van der Waals surface area contributed by atoms with Crippen LogP contribution in [0.1, 0.15) is 36.7 Å². The number of anilines is 1. The summed E-state index contributed by atoms with van der Waals surface area (Å²) in [5, 5.41) is 7.96. The lowest BCUT2D eigenvalue weighted by Crippen LogP contribution is -2.37. The fraction of sp³-hybridized carbons (Fsp3) is 0.318. The van der Waals surface area contributed by atoms with E-state index in [0.717, 1.165) is 5.56 Å². The van der Waals surface area contributed by atoms with Gasteiger partial charge in [-0.25, -0.2) is 4.79 Å². The molecule has 160 valence electrons. The molecule has 0 aliphatic heterocycles. The number of ether oxygens (including phenoxy) is 2. The number of alkyl carbamates (subject to hydrolysis) is 1. The minimum absolute atomic E-state index is 0.214. The first kappa shape index (κ1) is 22.7. The van der Waals surface area contributed by atoms with Gasteiger partial charge in [-0.05, 0) is 50.6 Å². The van der Waals surface area contributed by atoms with E-state index in [-0.39, 0.29) is 19.0 Å². The monoisotopic (exact) mass is 413 g/mol. The third-order valence-corrected chi connectivity index (χ3v) is 3.85. The van der Waals surface area contributed by atoms with Crippen molar-refractivity contribution in [1.82, 2.24) is 10.6 Å². The molecular weight excluding hydrogens is 386 g/mol. The molecule has 0 unspecified atom stereocenters. The molecule has 2 aromatic carbocycles. The number of rotatable bonds is 7. The smallest absolute Gasteiger partial charge is 0.408 e. The van der Waals surface area contributed by atoms with Gasteiger partial charge in [0.15, 0.2) is 0 Å². The predicted molar refractivity (Wildman–Crippen MR) is 113 cm³/mol. The van der Waals surface area contributed by atoms with Crippen molar-refractivity contribution in [1.29, 1.82) is 0 Å². The van der Waals surface area contributed by atoms with Crippen LogP contribution in [0, 0.1) is 0 Å². The summed E-state index contributed by atoms with van der Waals surface area (Å²) in [6.07, 6.45) is -0.670. The molecule has 30 heavy (non-hydrogen) atoms. The van der Waals surface area contributed by atoms with Gasteiger partial charge in [-0.1, -0.05) is 24.3 Å². The van der Waals surface area contributed by atoms with Crippen molar-refractivity contribution in [3.8, 4) is 5.75 Å². The van der Waals surface area contributed by atoms with Crippen molar-refractivity contribution >= 4 is 23.6 Å². The van der Waals surface area contributed by atoms with Crippen LogP contribution >= 0.6 is 0 Å². The Morgan fingerprint density at radius 2 is 1.70 bits per heavy atom. The molecule has 0 atom stereocenters. The largest absolute Gasteiger partial charge is 0.497 e. The van der Waals surface area contributed by atoms with Gasteiger partial charge in [0.25, 0.3) is 5.91 Å². The third kappa shape index (κ3) is 7.46. The van der Waals surface area contributed by atoms with E-state index in [1.807, 2.05) is 6.07 Å². The molecule has 0 fully saturated rings. The van der Waals surface area contributed by atoms with E-state index in [1.54, 1.807) is 63.2 Å². The molecule has 0 aliphatic carbocycles. The number of methoxy groups -OCH3 is 1. The Bertz CT molecular complexity index is 906. The number of nitrogens with one attached hydrogen (secondary N) is 3. The molecule has 3 amide bonds. The van der Waals surface area contributed by atoms with Crippen LogP contribution in [0.3, 0.4) is 0 Å². The molecule has 2 aromatic rings. The van der Waals surface area contributed by atoms with Crippen LogP contribution < -0.4 is 20.7 Å². The SMILES string of the molecule is COc1cccc(C(=O)NCc2ccccc2NC(=O)CNC(=O)OC(C)(C)C)c1. The normalized spacial score (nSPS) is 10.7. The summed E-state index contributed by atoms with van der Waals surface area (Å²) in [6, 6.07) is 13.9. The first-order valence-corrected chi connectivity index (χ1v) is 9.45. The molecule has 0 spiro atoms. The molecule has 8 heteroatoms. The van der Waals surface area contributed by atoms with Crippen molar-refractivity contribution in [2.24, 2.45) is 0 Å². The van der Waals surface area contributed by atoms with Crippen LogP contribution in [0.4, 0.5) is 10.5 Å². The van der Waals surface area contributed by atoms with Gasteiger partial charge >= 0.3 is 6.09 Å². The van der Waals surface area contributed by atoms with Crippen molar-refractivity contribution in [3.05, 3.63) is 59.7 Å². The van der Waals surface area contributed by atoms with Crippen LogP contribution in [-0.2, 0) is 16.1 Å². The summed E-state index contributed by atoms with van der Waals surface area (Å²) in [5.41, 5.74) is 1.09. The minimum Gasteiger partial charge on any atom is -0.497 e. The number of benzene rings is 2. The second-order valence-corrected chi connectivity index (χ2v) is 7.48. The van der Waals surface area contributed by atoms with Crippen LogP contribution in [-0.4, -0.2) is 37.2 Å². The molecule has 3 N–H and O–H groups in total. The van der Waals surface area contributed by atoms with Crippen molar-refractivity contribution < 1.29 is 23.9 Å². The lowest BCUT2D eigenvalue weighted by molar-refractivity contribution is -0.115. The average Bonchev–Trinajstić information content (AvgIpc) is 2.70. The van der Waals surface area contributed by atoms with Crippen LogP contribution in [0.2, 0.25) is 0 Å². The number of carbonyl (C=O) groups is 3. The quantitative estimate of drug-likeness (QED) is 0.647. The van der Waals surface area contributed by atoms with Crippen molar-refractivity contribution in [2.45, 2.75) is 32.9 Å². The summed E-state index contributed by atoms with van der Waals surface area (Å²) in [6.45, 7) is 5.19. The highest BCUT2D eigenvalue weighted by Gasteiger charge is 2.17. The maximum absolute atomic E-state index is 12.4. The van der Waals surface area contributed by atoms with E-state index in [1.165, 1.54) is 7.11 Å². The third-order valence-electron chi connectivity index (χ3n) is 3.85. The zero-order valence-corrected chi connectivity index (χ0v) is 17.6. The fourth-order valence-corrected chi connectivity index (χ4v) is 2.50. The molecule has 0 radical (unpaired) electrons. The zero-order chi connectivity index (χ0) is 22.1. The fourth-order valence-electron chi connectivity index (χ4n) is 2.50. The van der Waals surface area contributed by atoms with E-state index >= 15 is 0 Å². The van der Waals surface area contributed by atoms with Gasteiger partial charge in [-0.3, -0.25) is 9.59 Å². The lowest BCUT2D eigenvalue weighted by atomic mass is 10.1. The number of hydrogen-bond acceptors (Lipinski definition) is 5. The van der Waals surface area contributed by atoms with E-state index in [4.69, 9.17) is 9.47 Å². The highest BCUT2D eigenvalue weighted by molar-refractivity contribution is 5.96. The molecule has 2 rings (SSSR count). The summed E-state index contributed by atoms with van der Waals surface area (Å²) in [7, 11) is 1.54. The predicted octanol–water partition coefficient (Wildman–Crippen LogP) is 3.09. The van der Waals surface area contributed by atoms with Gasteiger partial charge in [0.1, 0.15) is 17.9 Å². The Balaban J connectivity index is 1.93. The average molecular weight is 413 g/mol. The Morgan fingerprint density at radius 3 is 2.40 bits per heavy atom. The second kappa shape index (κ2) is 10.3. The van der Waals surface area contributed by atoms with Gasteiger partial charge in [0, 0.05) is 17.8 Å². The summed E-state index contributed by atoms with van der Waals surface area (Å²) < 4.78 is 10.2. The first-order chi connectivity index (χ1) is 14.2. The van der Waals surface area contributed by atoms with Crippen molar-refractivity contribution in [3.63, 3.8) is 0 Å². The maximum atomic E-state index is 12.4. The number of carbonyl (C=O) groups excluding carboxylic acids is 3. The molecule has 0 aromatic heterocycles. The van der Waals surface area contributed by atoms with Gasteiger partial charge in [0.05, 0.1) is 7.11 Å². The zero-order valence-electron chi connectivity index (χ0n) is 17.6. The van der Waals surface area contributed by atoms with E-state index in [2.05, 4.69) is 16.0 Å². The standard InChI is InChI=1S/C22H27N3O5/c1-22(2,3)30-21(28)24-14-19(26)25-18-11-6-5-8-16(18)13-23-20(27)15-9-7-10-17(12-15)29-4/h5-12H,13-14H2,1-4H3,(H,23,27)(H,24,28)(H,25,26). The molecule has 0 heterocycles. The van der Waals surface area contributed by atoms with Crippen LogP contribution in [0.25, 0.3) is 0 Å². The highest BCUT2D eigenvalue weighted by Crippen LogP contribution is 2.16. The van der Waals surface area contributed by atoms with Crippen LogP contribution in [0.15, 0.2) is 48.5 Å². The molecule has 0 bridgehead atoms. The summed E-state index contributed by atoms with van der Waals surface area (Å²) in [4.78, 5) is 36.2. The maximum Gasteiger partial charge on any atom is 0.408 e. The summed E-state index contributed by atoms with van der Waals surface area (Å²) >= 11 is 0. The van der Waals surface area contributed by atoms with Crippen molar-refractivity contribution in [2.75, 3.05) is 19.0 Å². The van der Waals surface area contributed by atoms with Gasteiger partial charge in [-0.15, -0.1) is 0 Å². The summed E-state index contributed by atoms with van der Waals surface area (Å²) in [5.74, 6) is -0.0816. The molecule has 0 saturated heterocycles. The number of amides is 3. The number of para-hydroxylation sites is 1. The van der Waals surface area contributed by atoms with E-state index < -0.39 is 17.6 Å². The highest BCUT2D eigenvalue weighted by atomic mass is 16.6. The first-order valence-electron chi connectivity index (χ1n) is 9.45. The van der Waals surface area contributed by atoms with Crippen LogP contribution in [0.5, 0.6) is 5.75 Å². The van der Waals surface area contributed by atoms with Gasteiger partial charge in [0.2, 0.25) is 5.91 Å². The topological polar surface area (TPSA) is 106 Å². The van der Waals surface area contributed by atoms with E-state index in [0.29, 0.717) is 17.0 Å². The Kier molecular flexibility index (Phi) is 7.80. The van der Waals surface area contributed by atoms with E-state index in [9.17, 15) is 14.4 Å². The molecule has 0 saturated carbocycles. The second-order valence-electron chi connectivity index (χ2n) is 7.48. The Hall–Kier alpha value is -3.55. The molecule has 8 nitrogen and oxygen atoms in total. The molecular formula is C22H27N3O5. The minimum atomic E-state index is -0.670. The number of hydrogen-bond donors (Lipinski definition) is 3. The Morgan fingerprint density at radius 1 is 0.967 bits per heavy atom. The van der Waals surface area contributed by atoms with Gasteiger partial charge in [-0.2, -0.15) is 0 Å². The van der Waals surface area contributed by atoms with Gasteiger partial charge < -0.3 is 25.4 Å². The lowest BCUT2D eigenvalue weighted by Gasteiger charge is -2.19. The molecule has 0 aliphatic rings.